The van der Waals surface area contributed by atoms with Crippen LogP contribution in [0, 0.1) is 5.92 Å². The van der Waals surface area contributed by atoms with Gasteiger partial charge in [0.15, 0.2) is 0 Å². The lowest BCUT2D eigenvalue weighted by atomic mass is 9.78. The summed E-state index contributed by atoms with van der Waals surface area (Å²) in [5, 5.41) is 4.64. The topological polar surface area (TPSA) is 24.9 Å². The fourth-order valence-electron chi connectivity index (χ4n) is 2.65. The van der Waals surface area contributed by atoms with Gasteiger partial charge in [0.25, 0.3) is 0 Å². The van der Waals surface area contributed by atoms with Crippen molar-refractivity contribution in [1.82, 2.24) is 10.3 Å². The Morgan fingerprint density at radius 3 is 2.71 bits per heavy atom. The zero-order valence-corrected chi connectivity index (χ0v) is 10.2. The second-order valence-electron chi connectivity index (χ2n) is 4.89. The molecule has 1 N–H and O–H groups in total. The molecular formula is C15H18N2. The van der Waals surface area contributed by atoms with E-state index in [0.717, 1.165) is 11.4 Å². The molecule has 88 valence electrons. The van der Waals surface area contributed by atoms with Gasteiger partial charge in [0.1, 0.15) is 0 Å². The van der Waals surface area contributed by atoms with E-state index in [9.17, 15) is 0 Å². The molecule has 1 heterocycles. The lowest BCUT2D eigenvalue weighted by Gasteiger charge is -2.33. The van der Waals surface area contributed by atoms with Crippen molar-refractivity contribution >= 4 is 10.9 Å². The molecule has 17 heavy (non-hydrogen) atoms. The predicted octanol–water partition coefficient (Wildman–Crippen LogP) is 3.30. The molecule has 1 aromatic carbocycles. The number of para-hydroxylation sites is 1. The number of fused-ring (bicyclic) bond motifs is 1. The molecule has 2 heteroatoms. The number of nitrogens with one attached hydrogen (secondary N) is 1. The molecule has 0 spiro atoms. The minimum atomic E-state index is 0.424. The second kappa shape index (κ2) is 4.46. The molecule has 1 unspecified atom stereocenters. The first-order chi connectivity index (χ1) is 8.38. The van der Waals surface area contributed by atoms with Crippen molar-refractivity contribution < 1.29 is 0 Å². The average Bonchev–Trinajstić information content (AvgIpc) is 2.33. The summed E-state index contributed by atoms with van der Waals surface area (Å²) in [6.45, 7) is 0. The Morgan fingerprint density at radius 1 is 1.18 bits per heavy atom. The molecular weight excluding hydrogens is 208 g/mol. The summed E-state index contributed by atoms with van der Waals surface area (Å²) >= 11 is 0. The Bertz CT molecular complexity index is 517. The van der Waals surface area contributed by atoms with Crippen LogP contribution in [-0.2, 0) is 0 Å². The molecule has 3 rings (SSSR count). The first kappa shape index (κ1) is 10.7. The molecule has 1 saturated carbocycles. The molecule has 0 radical (unpaired) electrons. The van der Waals surface area contributed by atoms with Crippen molar-refractivity contribution in [1.29, 1.82) is 0 Å². The zero-order valence-electron chi connectivity index (χ0n) is 10.2. The average molecular weight is 226 g/mol. The van der Waals surface area contributed by atoms with E-state index in [1.807, 2.05) is 7.05 Å². The Morgan fingerprint density at radius 2 is 2.00 bits per heavy atom. The maximum atomic E-state index is 4.79. The van der Waals surface area contributed by atoms with Crippen LogP contribution in [0.4, 0.5) is 0 Å². The fraction of sp³-hybridized carbons (Fsp3) is 0.400. The molecule has 2 aromatic rings. The quantitative estimate of drug-likeness (QED) is 0.868. The Balaban J connectivity index is 1.98. The molecule has 0 saturated heterocycles. The molecule has 2 nitrogen and oxygen atoms in total. The normalized spacial score (nSPS) is 17.9. The van der Waals surface area contributed by atoms with Gasteiger partial charge in [-0.1, -0.05) is 30.7 Å². The summed E-state index contributed by atoms with van der Waals surface area (Å²) < 4.78 is 0. The Kier molecular flexibility index (Phi) is 2.81. The maximum Gasteiger partial charge on any atom is 0.0706 e. The number of aromatic nitrogens is 1. The monoisotopic (exact) mass is 226 g/mol. The largest absolute Gasteiger partial charge is 0.311 e. The van der Waals surface area contributed by atoms with Gasteiger partial charge >= 0.3 is 0 Å². The summed E-state index contributed by atoms with van der Waals surface area (Å²) in [4.78, 5) is 4.79. The highest BCUT2D eigenvalue weighted by atomic mass is 14.9. The molecule has 0 bridgehead atoms. The first-order valence-electron chi connectivity index (χ1n) is 6.41. The van der Waals surface area contributed by atoms with Crippen LogP contribution in [0.1, 0.15) is 31.0 Å². The van der Waals surface area contributed by atoms with Crippen LogP contribution in [0.25, 0.3) is 10.9 Å². The Labute approximate surface area is 102 Å². The molecule has 1 fully saturated rings. The lowest BCUT2D eigenvalue weighted by Crippen LogP contribution is -2.30. The van der Waals surface area contributed by atoms with Crippen LogP contribution in [0.5, 0.6) is 0 Å². The predicted molar refractivity (Wildman–Crippen MR) is 70.9 cm³/mol. The number of nitrogens with zero attached hydrogens (tertiary/aromatic N) is 1. The number of pyridine rings is 1. The molecule has 1 aliphatic carbocycles. The highest BCUT2D eigenvalue weighted by molar-refractivity contribution is 5.78. The van der Waals surface area contributed by atoms with E-state index in [2.05, 4.69) is 41.7 Å². The molecule has 1 atom stereocenters. The van der Waals surface area contributed by atoms with Crippen molar-refractivity contribution in [3.05, 3.63) is 42.1 Å². The van der Waals surface area contributed by atoms with E-state index < -0.39 is 0 Å². The smallest absolute Gasteiger partial charge is 0.0706 e. The van der Waals surface area contributed by atoms with Crippen LogP contribution >= 0.6 is 0 Å². The summed E-state index contributed by atoms with van der Waals surface area (Å²) in [6.07, 6.45) is 4.04. The Hall–Kier alpha value is -1.41. The third-order valence-corrected chi connectivity index (χ3v) is 3.87. The van der Waals surface area contributed by atoms with E-state index in [-0.39, 0.29) is 0 Å². The van der Waals surface area contributed by atoms with Gasteiger partial charge in [-0.2, -0.15) is 0 Å². The van der Waals surface area contributed by atoms with Gasteiger partial charge in [-0.25, -0.2) is 0 Å². The van der Waals surface area contributed by atoms with Crippen molar-refractivity contribution in [2.75, 3.05) is 7.05 Å². The van der Waals surface area contributed by atoms with Gasteiger partial charge in [-0.3, -0.25) is 4.98 Å². The van der Waals surface area contributed by atoms with Crippen molar-refractivity contribution in [2.45, 2.75) is 25.3 Å². The van der Waals surface area contributed by atoms with Crippen molar-refractivity contribution in [3.63, 3.8) is 0 Å². The third kappa shape index (κ3) is 1.93. The van der Waals surface area contributed by atoms with Crippen LogP contribution in [0.2, 0.25) is 0 Å². The molecule has 1 aromatic heterocycles. The summed E-state index contributed by atoms with van der Waals surface area (Å²) in [5.74, 6) is 0.772. The van der Waals surface area contributed by atoms with E-state index in [4.69, 9.17) is 4.98 Å². The van der Waals surface area contributed by atoms with E-state index in [1.165, 1.54) is 30.3 Å². The van der Waals surface area contributed by atoms with Crippen molar-refractivity contribution in [3.8, 4) is 0 Å². The third-order valence-electron chi connectivity index (χ3n) is 3.87. The van der Waals surface area contributed by atoms with Crippen molar-refractivity contribution in [2.24, 2.45) is 5.92 Å². The minimum Gasteiger partial charge on any atom is -0.311 e. The standard InChI is InChI=1S/C15H18N2/c1-16-15(12-6-4-7-12)14-10-9-11-5-2-3-8-13(11)17-14/h2-3,5,8-10,12,15-16H,4,6-7H2,1H3. The fourth-order valence-corrected chi connectivity index (χ4v) is 2.65. The van der Waals surface area contributed by atoms with E-state index in [1.54, 1.807) is 0 Å². The van der Waals surface area contributed by atoms with Gasteiger partial charge in [-0.15, -0.1) is 0 Å². The molecule has 0 aliphatic heterocycles. The van der Waals surface area contributed by atoms with Crippen LogP contribution in [0.3, 0.4) is 0 Å². The SMILES string of the molecule is CNC(c1ccc2ccccc2n1)C1CCC1. The lowest BCUT2D eigenvalue weighted by molar-refractivity contribution is 0.236. The maximum absolute atomic E-state index is 4.79. The summed E-state index contributed by atoms with van der Waals surface area (Å²) in [6, 6.07) is 13.1. The number of benzene rings is 1. The zero-order chi connectivity index (χ0) is 11.7. The molecule has 1 aliphatic rings. The van der Waals surface area contributed by atoms with E-state index in [0.29, 0.717) is 6.04 Å². The highest BCUT2D eigenvalue weighted by Gasteiger charge is 2.28. The second-order valence-corrected chi connectivity index (χ2v) is 4.89. The van der Waals surface area contributed by atoms with Gasteiger partial charge in [-0.05, 0) is 37.9 Å². The molecule has 0 amide bonds. The summed E-state index contributed by atoms with van der Waals surface area (Å²) in [5.41, 5.74) is 2.29. The van der Waals surface area contributed by atoms with Gasteiger partial charge in [0, 0.05) is 5.39 Å². The number of rotatable bonds is 3. The van der Waals surface area contributed by atoms with E-state index >= 15 is 0 Å². The van der Waals surface area contributed by atoms with Crippen LogP contribution < -0.4 is 5.32 Å². The van der Waals surface area contributed by atoms with Gasteiger partial charge in [0.2, 0.25) is 0 Å². The minimum absolute atomic E-state index is 0.424. The first-order valence-corrected chi connectivity index (χ1v) is 6.41. The van der Waals surface area contributed by atoms with Crippen LogP contribution in [0.15, 0.2) is 36.4 Å². The van der Waals surface area contributed by atoms with Gasteiger partial charge in [0.05, 0.1) is 17.3 Å². The van der Waals surface area contributed by atoms with Crippen LogP contribution in [-0.4, -0.2) is 12.0 Å². The number of hydrogen-bond acceptors (Lipinski definition) is 2. The highest BCUT2D eigenvalue weighted by Crippen LogP contribution is 2.37. The van der Waals surface area contributed by atoms with Gasteiger partial charge < -0.3 is 5.32 Å². The summed E-state index contributed by atoms with van der Waals surface area (Å²) in [7, 11) is 2.04. The number of hydrogen-bond donors (Lipinski definition) is 1.